The van der Waals surface area contributed by atoms with Crippen LogP contribution in [0.1, 0.15) is 59.7 Å². The van der Waals surface area contributed by atoms with Gasteiger partial charge in [0.1, 0.15) is 0 Å². The summed E-state index contributed by atoms with van der Waals surface area (Å²) in [6.07, 6.45) is 5.63. The van der Waals surface area contributed by atoms with E-state index in [0.717, 1.165) is 19.3 Å². The predicted molar refractivity (Wildman–Crippen MR) is 76.9 cm³/mol. The number of hydrogen-bond donors (Lipinski definition) is 2. The van der Waals surface area contributed by atoms with E-state index in [1.165, 1.54) is 18.9 Å². The number of carboxylic acid groups (broad SMARTS) is 1. The third-order valence-corrected chi connectivity index (χ3v) is 4.08. The van der Waals surface area contributed by atoms with Crippen LogP contribution in [0.15, 0.2) is 24.3 Å². The molecule has 2 unspecified atom stereocenters. The Hall–Kier alpha value is -1.84. The van der Waals surface area contributed by atoms with Gasteiger partial charge >= 0.3 is 5.97 Å². The summed E-state index contributed by atoms with van der Waals surface area (Å²) in [6.45, 7) is 2.15. The maximum atomic E-state index is 12.3. The molecule has 1 aromatic carbocycles. The SMILES string of the molecule is CC1CCCCCC1NC(=O)c1ccccc1C(=O)O. The van der Waals surface area contributed by atoms with Crippen molar-refractivity contribution in [3.63, 3.8) is 0 Å². The molecule has 2 rings (SSSR count). The van der Waals surface area contributed by atoms with Crippen molar-refractivity contribution in [2.45, 2.75) is 45.1 Å². The summed E-state index contributed by atoms with van der Waals surface area (Å²) in [6, 6.07) is 6.51. The molecule has 0 bridgehead atoms. The molecule has 4 heteroatoms. The third-order valence-electron chi connectivity index (χ3n) is 4.08. The van der Waals surface area contributed by atoms with Crippen molar-refractivity contribution >= 4 is 11.9 Å². The minimum Gasteiger partial charge on any atom is -0.478 e. The lowest BCUT2D eigenvalue weighted by Gasteiger charge is -2.23. The first kappa shape index (κ1) is 14.6. The van der Waals surface area contributed by atoms with Crippen LogP contribution in [-0.4, -0.2) is 23.0 Å². The van der Waals surface area contributed by atoms with Gasteiger partial charge in [-0.25, -0.2) is 4.79 Å². The Morgan fingerprint density at radius 1 is 1.10 bits per heavy atom. The Morgan fingerprint density at radius 3 is 2.45 bits per heavy atom. The first-order valence-electron chi connectivity index (χ1n) is 7.23. The first-order valence-corrected chi connectivity index (χ1v) is 7.23. The van der Waals surface area contributed by atoms with Crippen molar-refractivity contribution < 1.29 is 14.7 Å². The molecule has 2 N–H and O–H groups in total. The van der Waals surface area contributed by atoms with Gasteiger partial charge in [-0.3, -0.25) is 4.79 Å². The van der Waals surface area contributed by atoms with E-state index in [1.807, 2.05) is 0 Å². The highest BCUT2D eigenvalue weighted by molar-refractivity contribution is 6.04. The molecule has 1 amide bonds. The fourth-order valence-corrected chi connectivity index (χ4v) is 2.82. The average molecular weight is 275 g/mol. The topological polar surface area (TPSA) is 66.4 Å². The number of amides is 1. The van der Waals surface area contributed by atoms with Crippen LogP contribution in [0.25, 0.3) is 0 Å². The number of nitrogens with one attached hydrogen (secondary N) is 1. The van der Waals surface area contributed by atoms with Gasteiger partial charge in [0.25, 0.3) is 5.91 Å². The van der Waals surface area contributed by atoms with Crippen molar-refractivity contribution in [2.75, 3.05) is 0 Å². The molecule has 0 saturated heterocycles. The van der Waals surface area contributed by atoms with E-state index in [-0.39, 0.29) is 23.1 Å². The molecule has 0 aliphatic heterocycles. The number of hydrogen-bond acceptors (Lipinski definition) is 2. The van der Waals surface area contributed by atoms with Gasteiger partial charge in [-0.1, -0.05) is 38.3 Å². The molecule has 1 aromatic rings. The normalized spacial score (nSPS) is 22.9. The number of carboxylic acids is 1. The Kier molecular flexibility index (Phi) is 4.77. The predicted octanol–water partition coefficient (Wildman–Crippen LogP) is 3.08. The fourth-order valence-electron chi connectivity index (χ4n) is 2.82. The third kappa shape index (κ3) is 3.38. The van der Waals surface area contributed by atoms with Gasteiger partial charge in [-0.2, -0.15) is 0 Å². The molecule has 0 heterocycles. The van der Waals surface area contributed by atoms with Crippen molar-refractivity contribution in [2.24, 2.45) is 5.92 Å². The van der Waals surface area contributed by atoms with E-state index in [4.69, 9.17) is 5.11 Å². The molecule has 20 heavy (non-hydrogen) atoms. The van der Waals surface area contributed by atoms with Gasteiger partial charge in [0.15, 0.2) is 0 Å². The summed E-state index contributed by atoms with van der Waals surface area (Å²) in [5, 5.41) is 12.2. The lowest BCUT2D eigenvalue weighted by molar-refractivity contribution is 0.0690. The Morgan fingerprint density at radius 2 is 1.75 bits per heavy atom. The lowest BCUT2D eigenvalue weighted by Crippen LogP contribution is -2.39. The summed E-state index contributed by atoms with van der Waals surface area (Å²) in [4.78, 5) is 23.5. The molecule has 1 aliphatic rings. The summed E-state index contributed by atoms with van der Waals surface area (Å²) in [5.41, 5.74) is 0.308. The number of aromatic carboxylic acids is 1. The number of carbonyl (C=O) groups excluding carboxylic acids is 1. The van der Waals surface area contributed by atoms with Crippen LogP contribution in [-0.2, 0) is 0 Å². The largest absolute Gasteiger partial charge is 0.478 e. The number of rotatable bonds is 3. The zero-order valence-electron chi connectivity index (χ0n) is 11.8. The zero-order chi connectivity index (χ0) is 14.5. The smallest absolute Gasteiger partial charge is 0.336 e. The Balaban J connectivity index is 2.13. The molecule has 0 aromatic heterocycles. The minimum absolute atomic E-state index is 0.0614. The zero-order valence-corrected chi connectivity index (χ0v) is 11.8. The molecular weight excluding hydrogens is 254 g/mol. The van der Waals surface area contributed by atoms with Crippen LogP contribution in [0.5, 0.6) is 0 Å². The molecule has 4 nitrogen and oxygen atoms in total. The van der Waals surface area contributed by atoms with Gasteiger partial charge in [0.05, 0.1) is 11.1 Å². The van der Waals surface area contributed by atoms with Crippen molar-refractivity contribution in [1.82, 2.24) is 5.32 Å². The second-order valence-electron chi connectivity index (χ2n) is 5.55. The van der Waals surface area contributed by atoms with E-state index >= 15 is 0 Å². The standard InChI is InChI=1S/C16H21NO3/c1-11-7-3-2-4-10-14(11)17-15(18)12-8-5-6-9-13(12)16(19)20/h5-6,8-9,11,14H,2-4,7,10H2,1H3,(H,17,18)(H,19,20). The highest BCUT2D eigenvalue weighted by Gasteiger charge is 2.23. The van der Waals surface area contributed by atoms with Gasteiger partial charge in [-0.05, 0) is 30.9 Å². The van der Waals surface area contributed by atoms with Crippen LogP contribution < -0.4 is 5.32 Å². The summed E-state index contributed by atoms with van der Waals surface area (Å²) < 4.78 is 0. The molecule has 2 atom stereocenters. The molecule has 1 saturated carbocycles. The van der Waals surface area contributed by atoms with Gasteiger partial charge in [0, 0.05) is 6.04 Å². The number of carbonyl (C=O) groups is 2. The van der Waals surface area contributed by atoms with E-state index in [2.05, 4.69) is 12.2 Å². The van der Waals surface area contributed by atoms with E-state index in [1.54, 1.807) is 18.2 Å². The van der Waals surface area contributed by atoms with Gasteiger partial charge in [-0.15, -0.1) is 0 Å². The summed E-state index contributed by atoms with van der Waals surface area (Å²) in [7, 11) is 0. The second-order valence-corrected chi connectivity index (χ2v) is 5.55. The van der Waals surface area contributed by atoms with Crippen LogP contribution in [0, 0.1) is 5.92 Å². The van der Waals surface area contributed by atoms with E-state index in [0.29, 0.717) is 5.92 Å². The maximum Gasteiger partial charge on any atom is 0.336 e. The summed E-state index contributed by atoms with van der Waals surface area (Å²) >= 11 is 0. The van der Waals surface area contributed by atoms with Crippen LogP contribution in [0.2, 0.25) is 0 Å². The molecule has 108 valence electrons. The first-order chi connectivity index (χ1) is 9.59. The molecular formula is C16H21NO3. The van der Waals surface area contributed by atoms with Crippen LogP contribution in [0.4, 0.5) is 0 Å². The Labute approximate surface area is 119 Å². The average Bonchev–Trinajstić information content (AvgIpc) is 2.64. The highest BCUT2D eigenvalue weighted by Crippen LogP contribution is 2.23. The number of benzene rings is 1. The van der Waals surface area contributed by atoms with E-state index in [9.17, 15) is 9.59 Å². The minimum atomic E-state index is -1.07. The van der Waals surface area contributed by atoms with Gasteiger partial charge < -0.3 is 10.4 Å². The Bertz CT molecular complexity index is 498. The molecule has 0 spiro atoms. The summed E-state index contributed by atoms with van der Waals surface area (Å²) in [5.74, 6) is -0.898. The monoisotopic (exact) mass is 275 g/mol. The highest BCUT2D eigenvalue weighted by atomic mass is 16.4. The van der Waals surface area contributed by atoms with Crippen molar-refractivity contribution in [1.29, 1.82) is 0 Å². The lowest BCUT2D eigenvalue weighted by atomic mass is 9.96. The van der Waals surface area contributed by atoms with Crippen molar-refractivity contribution in [3.8, 4) is 0 Å². The van der Waals surface area contributed by atoms with Crippen molar-refractivity contribution in [3.05, 3.63) is 35.4 Å². The molecule has 1 fully saturated rings. The fraction of sp³-hybridized carbons (Fsp3) is 0.500. The maximum absolute atomic E-state index is 12.3. The second kappa shape index (κ2) is 6.55. The molecule has 1 aliphatic carbocycles. The van der Waals surface area contributed by atoms with Crippen LogP contribution in [0.3, 0.4) is 0 Å². The van der Waals surface area contributed by atoms with E-state index < -0.39 is 5.97 Å². The van der Waals surface area contributed by atoms with Gasteiger partial charge in [0.2, 0.25) is 0 Å². The molecule has 0 radical (unpaired) electrons. The quantitative estimate of drug-likeness (QED) is 0.833. The van der Waals surface area contributed by atoms with Crippen LogP contribution >= 0.6 is 0 Å².